The van der Waals surface area contributed by atoms with Gasteiger partial charge in [-0.25, -0.2) is 4.79 Å². The highest BCUT2D eigenvalue weighted by molar-refractivity contribution is 6.21. The molecule has 4 heteroatoms. The Balaban J connectivity index is 3.95. The Morgan fingerprint density at radius 3 is 2.42 bits per heavy atom. The zero-order valence-electron chi connectivity index (χ0n) is 8.05. The van der Waals surface area contributed by atoms with Crippen molar-refractivity contribution in [2.45, 2.75) is 27.2 Å². The van der Waals surface area contributed by atoms with Gasteiger partial charge in [0, 0.05) is 10.2 Å². The van der Waals surface area contributed by atoms with E-state index in [1.165, 1.54) is 6.26 Å². The van der Waals surface area contributed by atoms with E-state index in [0.717, 1.165) is 21.9 Å². The molecule has 1 N–H and O–H groups in total. The summed E-state index contributed by atoms with van der Waals surface area (Å²) in [6.07, 6.45) is 1.00. The molecule has 0 aromatic rings. The lowest BCUT2D eigenvalue weighted by atomic mass is 9.92. The minimum Gasteiger partial charge on any atom is -0.449 e. The van der Waals surface area contributed by atoms with Gasteiger partial charge in [-0.05, 0) is 11.8 Å². The van der Waals surface area contributed by atoms with Gasteiger partial charge in [0.15, 0.2) is 0 Å². The van der Waals surface area contributed by atoms with E-state index in [1.807, 2.05) is 0 Å². The van der Waals surface area contributed by atoms with E-state index in [0.29, 0.717) is 0 Å². The maximum Gasteiger partial charge on any atom is 0.510 e. The van der Waals surface area contributed by atoms with Crippen molar-refractivity contribution < 1.29 is 14.6 Å². The molecule has 0 atom stereocenters. The fourth-order valence-electron chi connectivity index (χ4n) is 1.03. The standard InChI is InChI=1S/C8H16O3Si/c1-8(2,3)4-6(12)5-11-7(9)10/h5H,4H2,1-3,12H3,(H,9,10). The molecule has 0 fully saturated rings. The van der Waals surface area contributed by atoms with Gasteiger partial charge in [0.25, 0.3) is 0 Å². The summed E-state index contributed by atoms with van der Waals surface area (Å²) < 4.78 is 4.34. The normalized spacial score (nSPS) is 13.1. The van der Waals surface area contributed by atoms with Crippen LogP contribution in [0, 0.1) is 5.41 Å². The molecule has 0 aliphatic rings. The number of allylic oxidation sites excluding steroid dienone is 1. The summed E-state index contributed by atoms with van der Waals surface area (Å²) in [4.78, 5) is 10.0. The van der Waals surface area contributed by atoms with Crippen LogP contribution in [0.5, 0.6) is 0 Å². The first-order valence-corrected chi connectivity index (χ1v) is 4.86. The van der Waals surface area contributed by atoms with E-state index >= 15 is 0 Å². The topological polar surface area (TPSA) is 46.5 Å². The van der Waals surface area contributed by atoms with E-state index in [2.05, 4.69) is 25.5 Å². The lowest BCUT2D eigenvalue weighted by Gasteiger charge is -2.17. The highest BCUT2D eigenvalue weighted by Gasteiger charge is 2.10. The lowest BCUT2D eigenvalue weighted by Crippen LogP contribution is -2.07. The molecule has 0 aromatic carbocycles. The van der Waals surface area contributed by atoms with E-state index in [1.54, 1.807) is 0 Å². The van der Waals surface area contributed by atoms with Crippen molar-refractivity contribution >= 4 is 16.4 Å². The van der Waals surface area contributed by atoms with Crippen molar-refractivity contribution in [3.8, 4) is 0 Å². The predicted molar refractivity (Wildman–Crippen MR) is 51.2 cm³/mol. The molecular formula is C8H16O3Si. The predicted octanol–water partition coefficient (Wildman–Crippen LogP) is 1.32. The summed E-state index contributed by atoms with van der Waals surface area (Å²) in [5, 5.41) is 9.28. The second-order valence-electron chi connectivity index (χ2n) is 4.09. The van der Waals surface area contributed by atoms with Gasteiger partial charge in [0.2, 0.25) is 0 Å². The molecule has 0 amide bonds. The average Bonchev–Trinajstić information content (AvgIpc) is 1.79. The first-order chi connectivity index (χ1) is 5.31. The Bertz CT molecular complexity index is 191. The number of carbonyl (C=O) groups is 1. The summed E-state index contributed by atoms with van der Waals surface area (Å²) in [5.74, 6) is 0. The van der Waals surface area contributed by atoms with Crippen molar-refractivity contribution in [2.75, 3.05) is 0 Å². The smallest absolute Gasteiger partial charge is 0.449 e. The van der Waals surface area contributed by atoms with Crippen molar-refractivity contribution in [2.24, 2.45) is 5.41 Å². The maximum atomic E-state index is 10.0. The van der Waals surface area contributed by atoms with E-state index in [9.17, 15) is 4.79 Å². The van der Waals surface area contributed by atoms with Gasteiger partial charge in [-0.3, -0.25) is 0 Å². The van der Waals surface area contributed by atoms with Gasteiger partial charge in [-0.15, -0.1) is 0 Å². The van der Waals surface area contributed by atoms with Gasteiger partial charge >= 0.3 is 6.16 Å². The molecule has 12 heavy (non-hydrogen) atoms. The summed E-state index contributed by atoms with van der Waals surface area (Å²) >= 11 is 0. The first kappa shape index (κ1) is 11.2. The monoisotopic (exact) mass is 188 g/mol. The molecular weight excluding hydrogens is 172 g/mol. The second kappa shape index (κ2) is 4.30. The van der Waals surface area contributed by atoms with E-state index < -0.39 is 6.16 Å². The molecule has 0 rings (SSSR count). The summed E-state index contributed by atoms with van der Waals surface area (Å²) in [6.45, 7) is 6.33. The molecule has 0 bridgehead atoms. The molecule has 0 saturated carbocycles. The largest absolute Gasteiger partial charge is 0.510 e. The van der Waals surface area contributed by atoms with Crippen LogP contribution in [0.4, 0.5) is 4.79 Å². The van der Waals surface area contributed by atoms with Gasteiger partial charge in [0.05, 0.1) is 6.26 Å². The van der Waals surface area contributed by atoms with Crippen LogP contribution in [0.2, 0.25) is 0 Å². The SMILES string of the molecule is CC(C)(C)CC([SiH3])=COC(=O)O. The molecule has 0 unspecified atom stereocenters. The number of rotatable bonds is 2. The van der Waals surface area contributed by atoms with Gasteiger partial charge < -0.3 is 9.84 Å². The Morgan fingerprint density at radius 2 is 2.08 bits per heavy atom. The zero-order chi connectivity index (χ0) is 9.78. The summed E-state index contributed by atoms with van der Waals surface area (Å²) in [5.41, 5.74) is 0.204. The van der Waals surface area contributed by atoms with E-state index in [4.69, 9.17) is 5.11 Å². The van der Waals surface area contributed by atoms with Crippen LogP contribution in [0.3, 0.4) is 0 Å². The average molecular weight is 188 g/mol. The van der Waals surface area contributed by atoms with Crippen LogP contribution >= 0.6 is 0 Å². The summed E-state index contributed by atoms with van der Waals surface area (Å²) in [7, 11) is 0.848. The molecule has 0 aliphatic carbocycles. The van der Waals surface area contributed by atoms with Crippen molar-refractivity contribution in [3.05, 3.63) is 11.5 Å². The molecule has 0 saturated heterocycles. The number of hydrogen-bond acceptors (Lipinski definition) is 2. The third-order valence-corrected chi connectivity index (χ3v) is 1.76. The van der Waals surface area contributed by atoms with Crippen molar-refractivity contribution in [3.63, 3.8) is 0 Å². The number of carboxylic acid groups (broad SMARTS) is 1. The first-order valence-electron chi connectivity index (χ1n) is 3.86. The molecule has 0 aromatic heterocycles. The highest BCUT2D eigenvalue weighted by atomic mass is 28.1. The maximum absolute atomic E-state index is 10.0. The third kappa shape index (κ3) is 7.34. The van der Waals surface area contributed by atoms with Crippen LogP contribution in [-0.2, 0) is 4.74 Å². The molecule has 3 nitrogen and oxygen atoms in total. The van der Waals surface area contributed by atoms with Gasteiger partial charge in [-0.2, -0.15) is 0 Å². The molecule has 0 radical (unpaired) electrons. The summed E-state index contributed by atoms with van der Waals surface area (Å²) in [6, 6.07) is 0. The minimum atomic E-state index is -1.24. The lowest BCUT2D eigenvalue weighted by molar-refractivity contribution is 0.127. The van der Waals surface area contributed by atoms with Gasteiger partial charge in [0.1, 0.15) is 0 Å². The van der Waals surface area contributed by atoms with Crippen LogP contribution in [0.1, 0.15) is 27.2 Å². The van der Waals surface area contributed by atoms with Crippen LogP contribution < -0.4 is 0 Å². The quantitative estimate of drug-likeness (QED) is 0.404. The van der Waals surface area contributed by atoms with Crippen molar-refractivity contribution in [1.29, 1.82) is 0 Å². The van der Waals surface area contributed by atoms with Crippen LogP contribution in [0.25, 0.3) is 0 Å². The zero-order valence-corrected chi connectivity index (χ0v) is 10.0. The van der Waals surface area contributed by atoms with Crippen LogP contribution in [-0.4, -0.2) is 21.5 Å². The van der Waals surface area contributed by atoms with E-state index in [-0.39, 0.29) is 5.41 Å². The molecule has 0 spiro atoms. The van der Waals surface area contributed by atoms with Gasteiger partial charge in [-0.1, -0.05) is 26.0 Å². The Labute approximate surface area is 75.8 Å². The molecule has 0 aliphatic heterocycles. The number of hydrogen-bond donors (Lipinski definition) is 1. The highest BCUT2D eigenvalue weighted by Crippen LogP contribution is 2.22. The Hall–Kier alpha value is -0.773. The van der Waals surface area contributed by atoms with Crippen LogP contribution in [0.15, 0.2) is 11.5 Å². The second-order valence-corrected chi connectivity index (χ2v) is 5.37. The minimum absolute atomic E-state index is 0.204. The third-order valence-electron chi connectivity index (χ3n) is 1.17. The fourth-order valence-corrected chi connectivity index (χ4v) is 2.21. The Morgan fingerprint density at radius 1 is 1.58 bits per heavy atom. The molecule has 0 heterocycles. The fraction of sp³-hybridized carbons (Fsp3) is 0.625. The molecule has 70 valence electrons. The number of ether oxygens (including phenoxy) is 1. The Kier molecular flexibility index (Phi) is 4.02. The van der Waals surface area contributed by atoms with Crippen molar-refractivity contribution in [1.82, 2.24) is 0 Å².